The molecule has 0 aliphatic carbocycles. The number of amides is 1. The first-order chi connectivity index (χ1) is 15.8. The molecule has 1 unspecified atom stereocenters. The summed E-state index contributed by atoms with van der Waals surface area (Å²) in [7, 11) is 0. The van der Waals surface area contributed by atoms with Crippen LogP contribution >= 0.6 is 0 Å². The number of anilines is 1. The molecule has 9 nitrogen and oxygen atoms in total. The Morgan fingerprint density at radius 3 is 2.21 bits per heavy atom. The zero-order valence-electron chi connectivity index (χ0n) is 18.5. The van der Waals surface area contributed by atoms with Gasteiger partial charge in [0, 0.05) is 20.8 Å². The molecule has 1 heterocycles. The third-order valence-electron chi connectivity index (χ3n) is 4.44. The number of esters is 2. The molecule has 1 amide bonds. The number of hydrogen-bond acceptors (Lipinski definition) is 7. The Labute approximate surface area is 191 Å². The molecule has 170 valence electrons. The SMILES string of the molecule is CC(=O)OCC(OC(C)=O)c1cc(C=NN(C(C)=O)c2ccccc2)nn1-c1ccccc1. The number of ether oxygens (including phenoxy) is 2. The number of hydrogen-bond donors (Lipinski definition) is 0. The van der Waals surface area contributed by atoms with E-state index in [0.717, 1.165) is 0 Å². The van der Waals surface area contributed by atoms with Gasteiger partial charge in [0.1, 0.15) is 12.3 Å². The monoisotopic (exact) mass is 448 g/mol. The second-order valence-corrected chi connectivity index (χ2v) is 7.05. The fraction of sp³-hybridized carbons (Fsp3) is 0.208. The maximum Gasteiger partial charge on any atom is 0.303 e. The Bertz CT molecular complexity index is 1140. The Morgan fingerprint density at radius 1 is 1.00 bits per heavy atom. The molecule has 33 heavy (non-hydrogen) atoms. The van der Waals surface area contributed by atoms with Gasteiger partial charge in [-0.15, -0.1) is 0 Å². The molecule has 1 atom stereocenters. The number of nitrogens with zero attached hydrogens (tertiary/aromatic N) is 4. The minimum Gasteiger partial charge on any atom is -0.461 e. The third-order valence-corrected chi connectivity index (χ3v) is 4.44. The molecule has 0 saturated carbocycles. The van der Waals surface area contributed by atoms with E-state index in [1.807, 2.05) is 48.5 Å². The van der Waals surface area contributed by atoms with Crippen molar-refractivity contribution >= 4 is 29.7 Å². The Kier molecular flexibility index (Phi) is 7.69. The lowest BCUT2D eigenvalue weighted by Gasteiger charge is -2.18. The smallest absolute Gasteiger partial charge is 0.303 e. The van der Waals surface area contributed by atoms with Crippen molar-refractivity contribution in [1.29, 1.82) is 0 Å². The molecule has 0 aliphatic rings. The van der Waals surface area contributed by atoms with Crippen LogP contribution < -0.4 is 5.01 Å². The summed E-state index contributed by atoms with van der Waals surface area (Å²) in [6.45, 7) is 3.79. The molecule has 0 aliphatic heterocycles. The van der Waals surface area contributed by atoms with Crippen molar-refractivity contribution in [3.8, 4) is 5.69 Å². The summed E-state index contributed by atoms with van der Waals surface area (Å²) in [5, 5.41) is 10.1. The predicted octanol–water partition coefficient (Wildman–Crippen LogP) is 3.43. The van der Waals surface area contributed by atoms with Gasteiger partial charge in [0.15, 0.2) is 6.10 Å². The summed E-state index contributed by atoms with van der Waals surface area (Å²) < 4.78 is 12.1. The highest BCUT2D eigenvalue weighted by Crippen LogP contribution is 2.23. The van der Waals surface area contributed by atoms with Gasteiger partial charge in [0.05, 0.1) is 23.3 Å². The van der Waals surface area contributed by atoms with E-state index in [2.05, 4.69) is 10.2 Å². The summed E-state index contributed by atoms with van der Waals surface area (Å²) in [5.74, 6) is -1.30. The molecule has 3 aromatic rings. The fourth-order valence-corrected chi connectivity index (χ4v) is 3.07. The molecule has 0 saturated heterocycles. The highest BCUT2D eigenvalue weighted by Gasteiger charge is 2.23. The normalized spacial score (nSPS) is 11.7. The van der Waals surface area contributed by atoms with Crippen molar-refractivity contribution in [1.82, 2.24) is 9.78 Å². The second kappa shape index (κ2) is 10.9. The number of para-hydroxylation sites is 2. The van der Waals surface area contributed by atoms with E-state index < -0.39 is 18.0 Å². The van der Waals surface area contributed by atoms with E-state index in [1.165, 1.54) is 32.0 Å². The predicted molar refractivity (Wildman–Crippen MR) is 122 cm³/mol. The number of carbonyl (C=O) groups is 3. The van der Waals surface area contributed by atoms with Gasteiger partial charge in [-0.05, 0) is 30.3 Å². The van der Waals surface area contributed by atoms with E-state index in [4.69, 9.17) is 9.47 Å². The van der Waals surface area contributed by atoms with Gasteiger partial charge >= 0.3 is 11.9 Å². The Balaban J connectivity index is 2.01. The van der Waals surface area contributed by atoms with Crippen LogP contribution in [0, 0.1) is 0 Å². The number of hydrazone groups is 1. The standard InChI is InChI=1S/C24H24N4O5/c1-17(29)27(21-10-6-4-7-11-21)25-15-20-14-23(24(33-19(3)31)16-32-18(2)30)28(26-20)22-12-8-5-9-13-22/h4-15,24H,16H2,1-3H3. The summed E-state index contributed by atoms with van der Waals surface area (Å²) in [6, 6.07) is 19.9. The van der Waals surface area contributed by atoms with E-state index in [1.54, 1.807) is 22.9 Å². The van der Waals surface area contributed by atoms with Crippen LogP contribution in [-0.4, -0.2) is 40.4 Å². The highest BCUT2D eigenvalue weighted by atomic mass is 16.6. The zero-order chi connectivity index (χ0) is 23.8. The number of carbonyl (C=O) groups excluding carboxylic acids is 3. The van der Waals surface area contributed by atoms with Crippen molar-refractivity contribution in [2.75, 3.05) is 11.6 Å². The van der Waals surface area contributed by atoms with Crippen molar-refractivity contribution in [3.05, 3.63) is 78.1 Å². The van der Waals surface area contributed by atoms with Crippen LogP contribution in [0.2, 0.25) is 0 Å². The molecule has 0 N–H and O–H groups in total. The van der Waals surface area contributed by atoms with Gasteiger partial charge < -0.3 is 9.47 Å². The summed E-state index contributed by atoms with van der Waals surface area (Å²) in [5.41, 5.74) is 2.21. The lowest BCUT2D eigenvalue weighted by molar-refractivity contribution is -0.157. The first-order valence-electron chi connectivity index (χ1n) is 10.2. The second-order valence-electron chi connectivity index (χ2n) is 7.05. The van der Waals surface area contributed by atoms with Gasteiger partial charge in [-0.2, -0.15) is 10.2 Å². The van der Waals surface area contributed by atoms with Crippen molar-refractivity contribution < 1.29 is 23.9 Å². The van der Waals surface area contributed by atoms with Crippen molar-refractivity contribution in [2.45, 2.75) is 26.9 Å². The van der Waals surface area contributed by atoms with Gasteiger partial charge in [-0.25, -0.2) is 9.69 Å². The van der Waals surface area contributed by atoms with Crippen LogP contribution in [0.25, 0.3) is 5.69 Å². The first-order valence-corrected chi connectivity index (χ1v) is 10.2. The minimum atomic E-state index is -0.890. The average Bonchev–Trinajstić information content (AvgIpc) is 3.22. The molecule has 0 spiro atoms. The lowest BCUT2D eigenvalue weighted by atomic mass is 10.2. The van der Waals surface area contributed by atoms with E-state index in [9.17, 15) is 14.4 Å². The molecule has 1 aromatic heterocycles. The fourth-order valence-electron chi connectivity index (χ4n) is 3.07. The number of rotatable bonds is 8. The largest absolute Gasteiger partial charge is 0.461 e. The Hall–Kier alpha value is -4.27. The van der Waals surface area contributed by atoms with Crippen LogP contribution in [0.3, 0.4) is 0 Å². The van der Waals surface area contributed by atoms with Gasteiger partial charge in [0.25, 0.3) is 0 Å². The third kappa shape index (κ3) is 6.36. The van der Waals surface area contributed by atoms with Crippen LogP contribution in [-0.2, 0) is 23.9 Å². The molecule has 3 rings (SSSR count). The molecule has 0 fully saturated rings. The maximum atomic E-state index is 12.1. The topological polar surface area (TPSA) is 103 Å². The number of aromatic nitrogens is 2. The summed E-state index contributed by atoms with van der Waals surface area (Å²) in [6.07, 6.45) is 0.549. The molecule has 0 radical (unpaired) electrons. The molecule has 9 heteroatoms. The number of benzene rings is 2. The average molecular weight is 448 g/mol. The molecular weight excluding hydrogens is 424 g/mol. The van der Waals surface area contributed by atoms with Gasteiger partial charge in [0.2, 0.25) is 5.91 Å². The first kappa shape index (κ1) is 23.4. The van der Waals surface area contributed by atoms with E-state index >= 15 is 0 Å². The van der Waals surface area contributed by atoms with Crippen molar-refractivity contribution in [2.24, 2.45) is 5.10 Å². The van der Waals surface area contributed by atoms with E-state index in [0.29, 0.717) is 22.8 Å². The maximum absolute atomic E-state index is 12.1. The van der Waals surface area contributed by atoms with Crippen LogP contribution in [0.1, 0.15) is 38.3 Å². The van der Waals surface area contributed by atoms with Crippen LogP contribution in [0.15, 0.2) is 71.8 Å². The summed E-state index contributed by atoms with van der Waals surface area (Å²) in [4.78, 5) is 35.2. The molecule has 2 aromatic carbocycles. The van der Waals surface area contributed by atoms with Crippen LogP contribution in [0.5, 0.6) is 0 Å². The van der Waals surface area contributed by atoms with E-state index in [-0.39, 0.29) is 12.5 Å². The quantitative estimate of drug-likeness (QED) is 0.297. The minimum absolute atomic E-state index is 0.173. The lowest BCUT2D eigenvalue weighted by Crippen LogP contribution is -2.22. The Morgan fingerprint density at radius 2 is 1.64 bits per heavy atom. The van der Waals surface area contributed by atoms with Gasteiger partial charge in [-0.1, -0.05) is 36.4 Å². The van der Waals surface area contributed by atoms with Gasteiger partial charge in [-0.3, -0.25) is 14.4 Å². The zero-order valence-corrected chi connectivity index (χ0v) is 18.5. The van der Waals surface area contributed by atoms with Crippen molar-refractivity contribution in [3.63, 3.8) is 0 Å². The highest BCUT2D eigenvalue weighted by molar-refractivity contribution is 5.93. The van der Waals surface area contributed by atoms with Crippen LogP contribution in [0.4, 0.5) is 5.69 Å². The summed E-state index contributed by atoms with van der Waals surface area (Å²) >= 11 is 0. The molecule has 0 bridgehead atoms. The molecular formula is C24H24N4O5.